The molecule has 1 aliphatic carbocycles. The predicted molar refractivity (Wildman–Crippen MR) is 128 cm³/mol. The molecular weight excluding hydrogens is 473 g/mol. The molecule has 1 aromatic carbocycles. The SMILES string of the molecule is CC(C)NC[C@@H](C(=O)N1CCN(c2ncnc3c2[C@H](C)C[C@@H]3F)CC1)c1ccc(Br)cc1. The summed E-state index contributed by atoms with van der Waals surface area (Å²) in [5.41, 5.74) is 2.50. The summed E-state index contributed by atoms with van der Waals surface area (Å²) in [4.78, 5) is 26.3. The quantitative estimate of drug-likeness (QED) is 0.640. The molecule has 8 heteroatoms. The number of carbonyl (C=O) groups is 1. The fraction of sp³-hybridized carbons (Fsp3) is 0.542. The Morgan fingerprint density at radius 1 is 1.19 bits per heavy atom. The zero-order valence-corrected chi connectivity index (χ0v) is 20.5. The minimum atomic E-state index is -1.01. The highest BCUT2D eigenvalue weighted by molar-refractivity contribution is 9.10. The van der Waals surface area contributed by atoms with Gasteiger partial charge in [0.2, 0.25) is 5.91 Å². The van der Waals surface area contributed by atoms with Crippen LogP contribution in [0.5, 0.6) is 0 Å². The number of aromatic nitrogens is 2. The van der Waals surface area contributed by atoms with Crippen molar-refractivity contribution in [3.8, 4) is 0 Å². The van der Waals surface area contributed by atoms with Gasteiger partial charge in [-0.25, -0.2) is 14.4 Å². The van der Waals surface area contributed by atoms with Crippen molar-refractivity contribution < 1.29 is 9.18 Å². The Kier molecular flexibility index (Phi) is 7.10. The lowest BCUT2D eigenvalue weighted by molar-refractivity contribution is -0.133. The van der Waals surface area contributed by atoms with Crippen LogP contribution in [-0.2, 0) is 4.79 Å². The standard InChI is InChI=1S/C24H31BrFN5O/c1-15(2)27-13-19(17-4-6-18(25)7-5-17)24(32)31-10-8-30(9-11-31)23-21-16(3)12-20(26)22(21)28-14-29-23/h4-7,14-16,19-20,27H,8-13H2,1-3H3/t16-,19-,20+/m1/s1. The second-order valence-corrected chi connectivity index (χ2v) is 10.00. The van der Waals surface area contributed by atoms with E-state index in [2.05, 4.69) is 50.0 Å². The van der Waals surface area contributed by atoms with Crippen LogP contribution in [0.1, 0.15) is 62.0 Å². The Bertz CT molecular complexity index is 946. The molecule has 0 saturated carbocycles. The molecule has 2 aliphatic rings. The van der Waals surface area contributed by atoms with Gasteiger partial charge in [0, 0.05) is 48.8 Å². The lowest BCUT2D eigenvalue weighted by Gasteiger charge is -2.38. The summed E-state index contributed by atoms with van der Waals surface area (Å²) < 4.78 is 15.3. The van der Waals surface area contributed by atoms with E-state index in [0.29, 0.717) is 50.9 Å². The fourth-order valence-corrected chi connectivity index (χ4v) is 4.93. The molecule has 2 aromatic rings. The third-order valence-corrected chi connectivity index (χ3v) is 6.96. The third-order valence-electron chi connectivity index (χ3n) is 6.44. The molecule has 0 unspecified atom stereocenters. The van der Waals surface area contributed by atoms with Crippen molar-refractivity contribution >= 4 is 27.7 Å². The maximum Gasteiger partial charge on any atom is 0.231 e. The number of hydrogen-bond donors (Lipinski definition) is 1. The number of anilines is 1. The van der Waals surface area contributed by atoms with Crippen molar-refractivity contribution in [1.29, 1.82) is 0 Å². The smallest absolute Gasteiger partial charge is 0.231 e. The van der Waals surface area contributed by atoms with E-state index in [4.69, 9.17) is 0 Å². The summed E-state index contributed by atoms with van der Waals surface area (Å²) in [7, 11) is 0. The van der Waals surface area contributed by atoms with Gasteiger partial charge in [0.1, 0.15) is 18.3 Å². The molecule has 32 heavy (non-hydrogen) atoms. The summed E-state index contributed by atoms with van der Waals surface area (Å²) in [5, 5.41) is 3.43. The Morgan fingerprint density at radius 3 is 2.53 bits per heavy atom. The van der Waals surface area contributed by atoms with E-state index in [1.165, 1.54) is 6.33 Å². The van der Waals surface area contributed by atoms with Crippen LogP contribution in [0.2, 0.25) is 0 Å². The van der Waals surface area contributed by atoms with Crippen LogP contribution in [0.4, 0.5) is 10.2 Å². The van der Waals surface area contributed by atoms with Crippen LogP contribution in [0, 0.1) is 0 Å². The van der Waals surface area contributed by atoms with Gasteiger partial charge in [-0.1, -0.05) is 48.8 Å². The molecular formula is C24H31BrFN5O. The molecule has 1 amide bonds. The summed E-state index contributed by atoms with van der Waals surface area (Å²) >= 11 is 3.48. The Morgan fingerprint density at radius 2 is 1.88 bits per heavy atom. The molecule has 0 spiro atoms. The number of piperazine rings is 1. The number of carbonyl (C=O) groups excluding carboxylic acids is 1. The van der Waals surface area contributed by atoms with Gasteiger partial charge >= 0.3 is 0 Å². The van der Waals surface area contributed by atoms with Gasteiger partial charge in [0.05, 0.1) is 11.6 Å². The van der Waals surface area contributed by atoms with Crippen LogP contribution in [0.15, 0.2) is 35.1 Å². The molecule has 1 aliphatic heterocycles. The third kappa shape index (κ3) is 4.81. The average molecular weight is 504 g/mol. The van der Waals surface area contributed by atoms with Crippen LogP contribution < -0.4 is 10.2 Å². The molecule has 0 bridgehead atoms. The molecule has 172 valence electrons. The van der Waals surface area contributed by atoms with Gasteiger partial charge in [-0.05, 0) is 30.0 Å². The average Bonchev–Trinajstić information content (AvgIpc) is 3.08. The van der Waals surface area contributed by atoms with E-state index in [9.17, 15) is 9.18 Å². The lowest BCUT2D eigenvalue weighted by atomic mass is 9.96. The molecule has 1 fully saturated rings. The monoisotopic (exact) mass is 503 g/mol. The van der Waals surface area contributed by atoms with Crippen LogP contribution >= 0.6 is 15.9 Å². The van der Waals surface area contributed by atoms with Crippen LogP contribution in [0.3, 0.4) is 0 Å². The minimum Gasteiger partial charge on any atom is -0.353 e. The molecule has 6 nitrogen and oxygen atoms in total. The molecule has 3 atom stereocenters. The Hall–Kier alpha value is -2.06. The number of nitrogens with one attached hydrogen (secondary N) is 1. The van der Waals surface area contributed by atoms with E-state index < -0.39 is 6.17 Å². The van der Waals surface area contributed by atoms with E-state index in [-0.39, 0.29) is 17.7 Å². The van der Waals surface area contributed by atoms with Gasteiger partial charge in [-0.3, -0.25) is 4.79 Å². The summed E-state index contributed by atoms with van der Waals surface area (Å²) in [5.74, 6) is 0.860. The topological polar surface area (TPSA) is 61.4 Å². The van der Waals surface area contributed by atoms with Gasteiger partial charge in [0.25, 0.3) is 0 Å². The largest absolute Gasteiger partial charge is 0.353 e. The number of hydrogen-bond acceptors (Lipinski definition) is 5. The maximum atomic E-state index is 14.3. The highest BCUT2D eigenvalue weighted by Crippen LogP contribution is 2.44. The van der Waals surface area contributed by atoms with E-state index in [0.717, 1.165) is 21.4 Å². The van der Waals surface area contributed by atoms with Crippen molar-refractivity contribution in [3.05, 3.63) is 51.9 Å². The second-order valence-electron chi connectivity index (χ2n) is 9.08. The molecule has 1 aromatic heterocycles. The number of alkyl halides is 1. The minimum absolute atomic E-state index is 0.111. The second kappa shape index (κ2) is 9.83. The first kappa shape index (κ1) is 23.1. The van der Waals surface area contributed by atoms with E-state index >= 15 is 0 Å². The number of amides is 1. The first-order chi connectivity index (χ1) is 15.3. The van der Waals surface area contributed by atoms with Crippen molar-refractivity contribution in [1.82, 2.24) is 20.2 Å². The number of nitrogens with zero attached hydrogens (tertiary/aromatic N) is 4. The van der Waals surface area contributed by atoms with Crippen LogP contribution in [-0.4, -0.2) is 59.5 Å². The molecule has 4 rings (SSSR count). The van der Waals surface area contributed by atoms with Gasteiger partial charge < -0.3 is 15.1 Å². The molecule has 2 heterocycles. The van der Waals surface area contributed by atoms with E-state index in [1.807, 2.05) is 36.1 Å². The number of benzene rings is 1. The van der Waals surface area contributed by atoms with Gasteiger partial charge in [-0.15, -0.1) is 0 Å². The Labute approximate surface area is 197 Å². The summed E-state index contributed by atoms with van der Waals surface area (Å²) in [6.07, 6.45) is 0.930. The molecule has 1 N–H and O–H groups in total. The normalized spacial score (nSPS) is 21.7. The summed E-state index contributed by atoms with van der Waals surface area (Å²) in [6.45, 7) is 9.44. The van der Waals surface area contributed by atoms with Crippen LogP contribution in [0.25, 0.3) is 0 Å². The first-order valence-electron chi connectivity index (χ1n) is 11.4. The highest BCUT2D eigenvalue weighted by Gasteiger charge is 2.35. The van der Waals surface area contributed by atoms with Crippen molar-refractivity contribution in [2.75, 3.05) is 37.6 Å². The molecule has 0 radical (unpaired) electrons. The fourth-order valence-electron chi connectivity index (χ4n) is 4.67. The zero-order valence-electron chi connectivity index (χ0n) is 18.9. The number of halogens is 2. The van der Waals surface area contributed by atoms with Gasteiger partial charge in [-0.2, -0.15) is 0 Å². The maximum absolute atomic E-state index is 14.3. The molecule has 1 saturated heterocycles. The zero-order chi connectivity index (χ0) is 22.8. The predicted octanol–water partition coefficient (Wildman–Crippen LogP) is 4.19. The van der Waals surface area contributed by atoms with Crippen molar-refractivity contribution in [2.45, 2.75) is 51.2 Å². The number of rotatable bonds is 6. The van der Waals surface area contributed by atoms with Crippen molar-refractivity contribution in [3.63, 3.8) is 0 Å². The van der Waals surface area contributed by atoms with Crippen molar-refractivity contribution in [2.24, 2.45) is 0 Å². The Balaban J connectivity index is 1.47. The highest BCUT2D eigenvalue weighted by atomic mass is 79.9. The summed E-state index contributed by atoms with van der Waals surface area (Å²) in [6, 6.07) is 8.31. The number of fused-ring (bicyclic) bond motifs is 1. The first-order valence-corrected chi connectivity index (χ1v) is 12.2. The van der Waals surface area contributed by atoms with E-state index in [1.54, 1.807) is 0 Å². The van der Waals surface area contributed by atoms with Gasteiger partial charge in [0.15, 0.2) is 0 Å². The lowest BCUT2D eigenvalue weighted by Crippen LogP contribution is -2.51.